The van der Waals surface area contributed by atoms with Crippen molar-refractivity contribution in [2.75, 3.05) is 32.7 Å². The maximum Gasteiger partial charge on any atom is 0.105 e. The van der Waals surface area contributed by atoms with Gasteiger partial charge in [0.15, 0.2) is 0 Å². The molecule has 0 radical (unpaired) electrons. The monoisotopic (exact) mass is 332 g/mol. The molecule has 1 aromatic carbocycles. The smallest absolute Gasteiger partial charge is 0.105 e. The molecule has 124 valence electrons. The summed E-state index contributed by atoms with van der Waals surface area (Å²) in [5.41, 5.74) is 2.67. The van der Waals surface area contributed by atoms with Gasteiger partial charge >= 0.3 is 0 Å². The van der Waals surface area contributed by atoms with Crippen molar-refractivity contribution in [3.63, 3.8) is 0 Å². The zero-order valence-corrected chi connectivity index (χ0v) is 14.3. The highest BCUT2D eigenvalue weighted by Gasteiger charge is 2.35. The summed E-state index contributed by atoms with van der Waals surface area (Å²) in [6.07, 6.45) is 4.56. The largest absolute Gasteiger partial charge is 0.387 e. The van der Waals surface area contributed by atoms with Crippen molar-refractivity contribution in [2.24, 2.45) is 0 Å². The minimum Gasteiger partial charge on any atom is -0.387 e. The van der Waals surface area contributed by atoms with Gasteiger partial charge in [-0.2, -0.15) is 8.75 Å². The molecule has 23 heavy (non-hydrogen) atoms. The van der Waals surface area contributed by atoms with Gasteiger partial charge < -0.3 is 10.0 Å². The standard InChI is InChI=1S/C17H24N4OS/c22-17(12-20-7-1-2-8-20)6-3-9-21(13-17)11-14-4-5-15-16(10-14)19-23-18-15/h4-5,10,22H,1-3,6-9,11-13H2/t17-/m1/s1. The van der Waals surface area contributed by atoms with Crippen LogP contribution >= 0.6 is 11.7 Å². The van der Waals surface area contributed by atoms with Crippen LogP contribution in [0.2, 0.25) is 0 Å². The van der Waals surface area contributed by atoms with E-state index in [-0.39, 0.29) is 0 Å². The third-order valence-electron chi connectivity index (χ3n) is 5.08. The number of fused-ring (bicyclic) bond motifs is 1. The van der Waals surface area contributed by atoms with Crippen LogP contribution in [0.25, 0.3) is 11.0 Å². The highest BCUT2D eigenvalue weighted by atomic mass is 32.1. The van der Waals surface area contributed by atoms with Crippen LogP contribution in [0.3, 0.4) is 0 Å². The van der Waals surface area contributed by atoms with Crippen molar-refractivity contribution in [1.29, 1.82) is 0 Å². The van der Waals surface area contributed by atoms with Crippen molar-refractivity contribution >= 4 is 22.8 Å². The number of benzene rings is 1. The molecule has 4 rings (SSSR count). The van der Waals surface area contributed by atoms with Crippen LogP contribution < -0.4 is 0 Å². The van der Waals surface area contributed by atoms with Gasteiger partial charge in [-0.05, 0) is 63.0 Å². The number of rotatable bonds is 4. The van der Waals surface area contributed by atoms with Gasteiger partial charge in [0.05, 0.1) is 17.3 Å². The first-order valence-corrected chi connectivity index (χ1v) is 9.32. The average Bonchev–Trinajstić information content (AvgIpc) is 3.17. The van der Waals surface area contributed by atoms with E-state index in [4.69, 9.17) is 0 Å². The molecular formula is C17H24N4OS. The second-order valence-corrected chi connectivity index (χ2v) is 7.64. The molecule has 0 bridgehead atoms. The van der Waals surface area contributed by atoms with Gasteiger partial charge in [-0.3, -0.25) is 4.90 Å². The number of piperidine rings is 1. The molecular weight excluding hydrogens is 308 g/mol. The fourth-order valence-corrected chi connectivity index (χ4v) is 4.53. The Bertz CT molecular complexity index is 669. The van der Waals surface area contributed by atoms with Gasteiger partial charge in [-0.1, -0.05) is 6.07 Å². The molecule has 2 aliphatic rings. The Hall–Kier alpha value is -1.08. The molecule has 2 fully saturated rings. The first kappa shape index (κ1) is 15.4. The zero-order chi connectivity index (χ0) is 15.7. The summed E-state index contributed by atoms with van der Waals surface area (Å²) in [6, 6.07) is 6.32. The summed E-state index contributed by atoms with van der Waals surface area (Å²) in [5.74, 6) is 0. The van der Waals surface area contributed by atoms with Gasteiger partial charge in [0.25, 0.3) is 0 Å². The van der Waals surface area contributed by atoms with Gasteiger partial charge in [-0.25, -0.2) is 0 Å². The summed E-state index contributed by atoms with van der Waals surface area (Å²) in [5, 5.41) is 11.0. The number of hydrogen-bond donors (Lipinski definition) is 1. The second kappa shape index (κ2) is 6.43. The molecule has 6 heteroatoms. The van der Waals surface area contributed by atoms with Crippen LogP contribution in [0.5, 0.6) is 0 Å². The predicted molar refractivity (Wildman–Crippen MR) is 92.5 cm³/mol. The summed E-state index contributed by atoms with van der Waals surface area (Å²) in [4.78, 5) is 4.82. The Morgan fingerprint density at radius 1 is 1.04 bits per heavy atom. The summed E-state index contributed by atoms with van der Waals surface area (Å²) in [6.45, 7) is 5.85. The van der Waals surface area contributed by atoms with Crippen LogP contribution in [-0.2, 0) is 6.54 Å². The van der Waals surface area contributed by atoms with Gasteiger partial charge in [-0.15, -0.1) is 0 Å². The molecule has 0 unspecified atom stereocenters. The number of hydrogen-bond acceptors (Lipinski definition) is 6. The minimum atomic E-state index is -0.547. The van der Waals surface area contributed by atoms with E-state index in [1.54, 1.807) is 0 Å². The molecule has 1 N–H and O–H groups in total. The van der Waals surface area contributed by atoms with E-state index in [0.29, 0.717) is 0 Å². The van der Waals surface area contributed by atoms with E-state index in [9.17, 15) is 5.11 Å². The molecule has 1 atom stereocenters. The molecule has 0 aliphatic carbocycles. The van der Waals surface area contributed by atoms with Gasteiger partial charge in [0.2, 0.25) is 0 Å². The molecule has 5 nitrogen and oxygen atoms in total. The normalized spacial score (nSPS) is 27.0. The number of β-amino-alcohol motifs (C(OH)–C–C–N with tert-alkyl or cyclic N) is 1. The molecule has 0 saturated carbocycles. The van der Waals surface area contributed by atoms with Crippen LogP contribution in [0, 0.1) is 0 Å². The van der Waals surface area contributed by atoms with Crippen LogP contribution in [0.4, 0.5) is 0 Å². The van der Waals surface area contributed by atoms with Crippen molar-refractivity contribution in [3.05, 3.63) is 23.8 Å². The van der Waals surface area contributed by atoms with Crippen molar-refractivity contribution in [1.82, 2.24) is 18.5 Å². The number of nitrogens with zero attached hydrogens (tertiary/aromatic N) is 4. The average molecular weight is 332 g/mol. The van der Waals surface area contributed by atoms with E-state index in [1.165, 1.54) is 30.1 Å². The second-order valence-electron chi connectivity index (χ2n) is 7.11. The lowest BCUT2D eigenvalue weighted by Crippen LogP contribution is -2.53. The van der Waals surface area contributed by atoms with E-state index >= 15 is 0 Å². The lowest BCUT2D eigenvalue weighted by molar-refractivity contribution is -0.0519. The number of likely N-dealkylation sites (tertiary alicyclic amines) is 2. The van der Waals surface area contributed by atoms with Crippen molar-refractivity contribution < 1.29 is 5.11 Å². The van der Waals surface area contributed by atoms with Crippen LogP contribution in [0.1, 0.15) is 31.2 Å². The highest BCUT2D eigenvalue weighted by Crippen LogP contribution is 2.25. The fraction of sp³-hybridized carbons (Fsp3) is 0.647. The van der Waals surface area contributed by atoms with Crippen LogP contribution in [0.15, 0.2) is 18.2 Å². The Balaban J connectivity index is 1.41. The predicted octanol–water partition coefficient (Wildman–Crippen LogP) is 2.11. The molecule has 2 aromatic rings. The topological polar surface area (TPSA) is 52.5 Å². The molecule has 0 amide bonds. The maximum atomic E-state index is 11.0. The quantitative estimate of drug-likeness (QED) is 0.929. The summed E-state index contributed by atoms with van der Waals surface area (Å²) < 4.78 is 8.58. The maximum absolute atomic E-state index is 11.0. The summed E-state index contributed by atoms with van der Waals surface area (Å²) >= 11 is 1.27. The lowest BCUT2D eigenvalue weighted by atomic mass is 9.92. The van der Waals surface area contributed by atoms with Crippen molar-refractivity contribution in [2.45, 2.75) is 37.8 Å². The minimum absolute atomic E-state index is 0.547. The molecule has 2 saturated heterocycles. The Morgan fingerprint density at radius 3 is 2.70 bits per heavy atom. The first-order valence-electron chi connectivity index (χ1n) is 8.59. The van der Waals surface area contributed by atoms with Gasteiger partial charge in [0.1, 0.15) is 11.0 Å². The fourth-order valence-electron chi connectivity index (χ4n) is 4.01. The molecule has 1 aromatic heterocycles. The SMILES string of the molecule is O[C@@]1(CN2CCCC2)CCCN(Cc2ccc3nsnc3c2)C1. The third-order valence-corrected chi connectivity index (χ3v) is 5.63. The molecule has 3 heterocycles. The van der Waals surface area contributed by atoms with E-state index in [0.717, 1.165) is 63.1 Å². The van der Waals surface area contributed by atoms with E-state index in [2.05, 4.69) is 36.7 Å². The van der Waals surface area contributed by atoms with Crippen molar-refractivity contribution in [3.8, 4) is 0 Å². The number of aromatic nitrogens is 2. The first-order chi connectivity index (χ1) is 11.2. The summed E-state index contributed by atoms with van der Waals surface area (Å²) in [7, 11) is 0. The Kier molecular flexibility index (Phi) is 4.32. The highest BCUT2D eigenvalue weighted by molar-refractivity contribution is 7.00. The number of aliphatic hydroxyl groups is 1. The Morgan fingerprint density at radius 2 is 1.83 bits per heavy atom. The van der Waals surface area contributed by atoms with Crippen LogP contribution in [-0.4, -0.2) is 62.0 Å². The molecule has 0 spiro atoms. The van der Waals surface area contributed by atoms with E-state index < -0.39 is 5.60 Å². The molecule has 2 aliphatic heterocycles. The van der Waals surface area contributed by atoms with Gasteiger partial charge in [0, 0.05) is 19.6 Å². The zero-order valence-electron chi connectivity index (χ0n) is 13.4. The third kappa shape index (κ3) is 3.55. The Labute approximate surface area is 141 Å². The van der Waals surface area contributed by atoms with E-state index in [1.807, 2.05) is 0 Å². The lowest BCUT2D eigenvalue weighted by Gasteiger charge is -2.41.